The highest BCUT2D eigenvalue weighted by atomic mass is 16.6. The third-order valence-electron chi connectivity index (χ3n) is 2.97. The molecular weight excluding hydrogens is 258 g/mol. The summed E-state index contributed by atoms with van der Waals surface area (Å²) in [5.41, 5.74) is 1.78. The van der Waals surface area contributed by atoms with Crippen molar-refractivity contribution in [3.63, 3.8) is 0 Å². The van der Waals surface area contributed by atoms with Gasteiger partial charge in [0.1, 0.15) is 5.75 Å². The Labute approximate surface area is 116 Å². The first kappa shape index (κ1) is 13.8. The van der Waals surface area contributed by atoms with Crippen molar-refractivity contribution in [2.24, 2.45) is 0 Å². The quantitative estimate of drug-likeness (QED) is 0.668. The molecule has 1 unspecified atom stereocenters. The molecule has 1 atom stereocenters. The van der Waals surface area contributed by atoms with E-state index in [4.69, 9.17) is 4.74 Å². The van der Waals surface area contributed by atoms with Crippen LogP contribution in [-0.4, -0.2) is 17.0 Å². The molecule has 104 valence electrons. The van der Waals surface area contributed by atoms with E-state index in [2.05, 4.69) is 10.3 Å². The average Bonchev–Trinajstić information content (AvgIpc) is 2.48. The minimum atomic E-state index is -0.446. The summed E-state index contributed by atoms with van der Waals surface area (Å²) in [5, 5.41) is 14.0. The van der Waals surface area contributed by atoms with Gasteiger partial charge in [0, 0.05) is 24.5 Å². The summed E-state index contributed by atoms with van der Waals surface area (Å²) in [5.74, 6) is 0.445. The SMILES string of the molecule is COc1cc([N+](=O)[O-])ccc1NC(C)c1ccncc1. The molecule has 0 spiro atoms. The summed E-state index contributed by atoms with van der Waals surface area (Å²) in [6, 6.07) is 8.36. The van der Waals surface area contributed by atoms with Gasteiger partial charge in [0.25, 0.3) is 5.69 Å². The molecule has 1 heterocycles. The van der Waals surface area contributed by atoms with Gasteiger partial charge in [-0.3, -0.25) is 15.1 Å². The van der Waals surface area contributed by atoms with Crippen LogP contribution >= 0.6 is 0 Å². The number of nitro benzene ring substituents is 1. The minimum Gasteiger partial charge on any atom is -0.494 e. The normalized spacial score (nSPS) is 11.7. The molecule has 0 aliphatic heterocycles. The topological polar surface area (TPSA) is 77.3 Å². The molecule has 1 aromatic heterocycles. The van der Waals surface area contributed by atoms with Crippen LogP contribution in [0.5, 0.6) is 5.75 Å². The van der Waals surface area contributed by atoms with Crippen molar-refractivity contribution in [3.05, 3.63) is 58.4 Å². The zero-order valence-corrected chi connectivity index (χ0v) is 11.2. The molecule has 0 aliphatic carbocycles. The Morgan fingerprint density at radius 1 is 1.30 bits per heavy atom. The Balaban J connectivity index is 2.23. The lowest BCUT2D eigenvalue weighted by atomic mass is 10.1. The number of ether oxygens (including phenoxy) is 1. The van der Waals surface area contributed by atoms with Crippen LogP contribution in [0.15, 0.2) is 42.7 Å². The Morgan fingerprint density at radius 3 is 2.60 bits per heavy atom. The second-order valence-electron chi connectivity index (χ2n) is 4.29. The molecule has 20 heavy (non-hydrogen) atoms. The van der Waals surface area contributed by atoms with E-state index in [1.165, 1.54) is 19.2 Å². The highest BCUT2D eigenvalue weighted by Crippen LogP contribution is 2.31. The number of non-ortho nitro benzene ring substituents is 1. The molecule has 2 rings (SSSR count). The Bertz CT molecular complexity index is 602. The lowest BCUT2D eigenvalue weighted by Gasteiger charge is -2.17. The minimum absolute atomic E-state index is 0.00367. The second-order valence-corrected chi connectivity index (χ2v) is 4.29. The number of rotatable bonds is 5. The van der Waals surface area contributed by atoms with E-state index in [0.717, 1.165) is 5.56 Å². The monoisotopic (exact) mass is 273 g/mol. The number of hydrogen-bond donors (Lipinski definition) is 1. The molecule has 2 aromatic rings. The third kappa shape index (κ3) is 3.03. The first-order chi connectivity index (χ1) is 9.61. The summed E-state index contributed by atoms with van der Waals surface area (Å²) < 4.78 is 5.19. The van der Waals surface area contributed by atoms with E-state index in [-0.39, 0.29) is 11.7 Å². The number of nitrogens with zero attached hydrogens (tertiary/aromatic N) is 2. The van der Waals surface area contributed by atoms with E-state index in [1.807, 2.05) is 19.1 Å². The summed E-state index contributed by atoms with van der Waals surface area (Å²) in [6.07, 6.45) is 3.45. The molecule has 0 radical (unpaired) electrons. The van der Waals surface area contributed by atoms with Crippen LogP contribution in [0.4, 0.5) is 11.4 Å². The van der Waals surface area contributed by atoms with Crippen LogP contribution in [0, 0.1) is 10.1 Å². The van der Waals surface area contributed by atoms with Gasteiger partial charge < -0.3 is 10.1 Å². The van der Waals surface area contributed by atoms with Crippen LogP contribution in [-0.2, 0) is 0 Å². The van der Waals surface area contributed by atoms with Crippen molar-refractivity contribution in [2.75, 3.05) is 12.4 Å². The summed E-state index contributed by atoms with van der Waals surface area (Å²) >= 11 is 0. The summed E-state index contributed by atoms with van der Waals surface area (Å²) in [6.45, 7) is 2.00. The van der Waals surface area contributed by atoms with Gasteiger partial charge in [-0.1, -0.05) is 0 Å². The number of nitro groups is 1. The van der Waals surface area contributed by atoms with E-state index in [9.17, 15) is 10.1 Å². The fraction of sp³-hybridized carbons (Fsp3) is 0.214. The standard InChI is InChI=1S/C14H15N3O3/c1-10(11-5-7-15-8-6-11)16-13-4-3-12(17(18)19)9-14(13)20-2/h3-10,16H,1-2H3. The maximum atomic E-state index is 10.7. The molecule has 0 amide bonds. The second kappa shape index (κ2) is 6.01. The predicted octanol–water partition coefficient (Wildman–Crippen LogP) is 3.17. The Hall–Kier alpha value is -2.63. The lowest BCUT2D eigenvalue weighted by Crippen LogP contribution is -2.07. The number of pyridine rings is 1. The molecule has 1 N–H and O–H groups in total. The molecule has 0 saturated heterocycles. The summed E-state index contributed by atoms with van der Waals surface area (Å²) in [4.78, 5) is 14.3. The fourth-order valence-electron chi connectivity index (χ4n) is 1.88. The van der Waals surface area contributed by atoms with Crippen LogP contribution in [0.25, 0.3) is 0 Å². The van der Waals surface area contributed by atoms with Crippen molar-refractivity contribution >= 4 is 11.4 Å². The van der Waals surface area contributed by atoms with Crippen molar-refractivity contribution in [2.45, 2.75) is 13.0 Å². The zero-order valence-electron chi connectivity index (χ0n) is 11.2. The highest BCUT2D eigenvalue weighted by molar-refractivity contribution is 5.61. The van der Waals surface area contributed by atoms with Crippen molar-refractivity contribution in [3.8, 4) is 5.75 Å². The highest BCUT2D eigenvalue weighted by Gasteiger charge is 2.13. The number of methoxy groups -OCH3 is 1. The zero-order chi connectivity index (χ0) is 14.5. The molecule has 6 nitrogen and oxygen atoms in total. The maximum absolute atomic E-state index is 10.7. The van der Waals surface area contributed by atoms with Crippen LogP contribution < -0.4 is 10.1 Å². The fourth-order valence-corrected chi connectivity index (χ4v) is 1.88. The molecule has 1 aromatic carbocycles. The lowest BCUT2D eigenvalue weighted by molar-refractivity contribution is -0.384. The van der Waals surface area contributed by atoms with Gasteiger partial charge in [-0.25, -0.2) is 0 Å². The number of anilines is 1. The predicted molar refractivity (Wildman–Crippen MR) is 75.9 cm³/mol. The molecule has 0 saturated carbocycles. The van der Waals surface area contributed by atoms with Gasteiger partial charge in [0.2, 0.25) is 0 Å². The first-order valence-electron chi connectivity index (χ1n) is 6.10. The summed E-state index contributed by atoms with van der Waals surface area (Å²) in [7, 11) is 1.49. The van der Waals surface area contributed by atoms with Crippen molar-refractivity contribution in [1.82, 2.24) is 4.98 Å². The van der Waals surface area contributed by atoms with Gasteiger partial charge in [0.05, 0.1) is 23.8 Å². The molecule has 0 bridgehead atoms. The Morgan fingerprint density at radius 2 is 2.00 bits per heavy atom. The van der Waals surface area contributed by atoms with Gasteiger partial charge in [-0.15, -0.1) is 0 Å². The van der Waals surface area contributed by atoms with E-state index in [1.54, 1.807) is 18.5 Å². The number of aromatic nitrogens is 1. The first-order valence-corrected chi connectivity index (χ1v) is 6.10. The van der Waals surface area contributed by atoms with E-state index >= 15 is 0 Å². The van der Waals surface area contributed by atoms with E-state index < -0.39 is 4.92 Å². The molecule has 0 aliphatic rings. The smallest absolute Gasteiger partial charge is 0.273 e. The van der Waals surface area contributed by atoms with Crippen LogP contribution in [0.3, 0.4) is 0 Å². The largest absolute Gasteiger partial charge is 0.494 e. The van der Waals surface area contributed by atoms with Crippen molar-refractivity contribution < 1.29 is 9.66 Å². The van der Waals surface area contributed by atoms with Crippen molar-refractivity contribution in [1.29, 1.82) is 0 Å². The number of benzene rings is 1. The molecule has 6 heteroatoms. The van der Waals surface area contributed by atoms with Crippen LogP contribution in [0.1, 0.15) is 18.5 Å². The molecule has 0 fully saturated rings. The maximum Gasteiger partial charge on any atom is 0.273 e. The number of hydrogen-bond acceptors (Lipinski definition) is 5. The number of nitrogens with one attached hydrogen (secondary N) is 1. The Kier molecular flexibility index (Phi) is 4.14. The van der Waals surface area contributed by atoms with Gasteiger partial charge >= 0.3 is 0 Å². The van der Waals surface area contributed by atoms with Gasteiger partial charge in [-0.2, -0.15) is 0 Å². The average molecular weight is 273 g/mol. The van der Waals surface area contributed by atoms with Gasteiger partial charge in [0.15, 0.2) is 0 Å². The third-order valence-corrected chi connectivity index (χ3v) is 2.97. The van der Waals surface area contributed by atoms with E-state index in [0.29, 0.717) is 11.4 Å². The van der Waals surface area contributed by atoms with Gasteiger partial charge in [-0.05, 0) is 30.7 Å². The van der Waals surface area contributed by atoms with Crippen LogP contribution in [0.2, 0.25) is 0 Å². The molecular formula is C14H15N3O3.